The van der Waals surface area contributed by atoms with Crippen molar-refractivity contribution in [3.63, 3.8) is 0 Å². The quantitative estimate of drug-likeness (QED) is 0.655. The van der Waals surface area contributed by atoms with E-state index in [9.17, 15) is 0 Å². The van der Waals surface area contributed by atoms with Crippen molar-refractivity contribution in [3.05, 3.63) is 41.0 Å². The molecule has 1 aromatic rings. The summed E-state index contributed by atoms with van der Waals surface area (Å²) in [6, 6.07) is 6.70. The van der Waals surface area contributed by atoms with Crippen LogP contribution in [0.2, 0.25) is 0 Å². The molecule has 0 heteroatoms. The lowest BCUT2D eigenvalue weighted by atomic mass is 9.96. The average molecular weight is 188 g/mol. The number of benzene rings is 1. The number of hydrogen-bond donors (Lipinski definition) is 0. The van der Waals surface area contributed by atoms with Gasteiger partial charge in [-0.2, -0.15) is 0 Å². The van der Waals surface area contributed by atoms with Crippen molar-refractivity contribution in [3.8, 4) is 0 Å². The molecule has 0 N–H and O–H groups in total. The fraction of sp³-hybridized carbons (Fsp3) is 0.429. The smallest absolute Gasteiger partial charge is 0.0198 e. The molecule has 1 rings (SSSR count). The molecule has 0 saturated carbocycles. The molecule has 0 atom stereocenters. The highest BCUT2D eigenvalue weighted by Crippen LogP contribution is 2.23. The van der Waals surface area contributed by atoms with Gasteiger partial charge < -0.3 is 0 Å². The summed E-state index contributed by atoms with van der Waals surface area (Å²) in [6.07, 6.45) is 4.63. The molecule has 14 heavy (non-hydrogen) atoms. The maximum atomic E-state index is 2.26. The van der Waals surface area contributed by atoms with E-state index in [0.717, 1.165) is 0 Å². The molecular formula is C14H20. The molecule has 0 radical (unpaired) electrons. The number of hydrogen-bond acceptors (Lipinski definition) is 0. The minimum atomic E-state index is 1.18. The van der Waals surface area contributed by atoms with Crippen LogP contribution < -0.4 is 0 Å². The van der Waals surface area contributed by atoms with Gasteiger partial charge in [-0.05, 0) is 43.9 Å². The van der Waals surface area contributed by atoms with Crippen LogP contribution in [0.3, 0.4) is 0 Å². The molecule has 0 unspecified atom stereocenters. The number of allylic oxidation sites excluding steroid dienone is 2. The van der Waals surface area contributed by atoms with Gasteiger partial charge in [0, 0.05) is 0 Å². The van der Waals surface area contributed by atoms with Crippen LogP contribution in [0, 0.1) is 13.8 Å². The Morgan fingerprint density at radius 3 is 2.50 bits per heavy atom. The first-order valence-electron chi connectivity index (χ1n) is 5.41. The van der Waals surface area contributed by atoms with Gasteiger partial charge in [0.05, 0.1) is 0 Å². The van der Waals surface area contributed by atoms with Gasteiger partial charge in [0.1, 0.15) is 0 Å². The van der Waals surface area contributed by atoms with Crippen molar-refractivity contribution in [1.82, 2.24) is 0 Å². The fourth-order valence-corrected chi connectivity index (χ4v) is 1.88. The Hall–Kier alpha value is -1.04. The van der Waals surface area contributed by atoms with Crippen LogP contribution >= 0.6 is 0 Å². The van der Waals surface area contributed by atoms with Crippen LogP contribution in [0.4, 0.5) is 0 Å². The molecule has 76 valence electrons. The van der Waals surface area contributed by atoms with Crippen LogP contribution in [0.25, 0.3) is 5.57 Å². The van der Waals surface area contributed by atoms with Crippen LogP contribution in [0.5, 0.6) is 0 Å². The Kier molecular flexibility index (Phi) is 3.94. The summed E-state index contributed by atoms with van der Waals surface area (Å²) in [6.45, 7) is 8.70. The topological polar surface area (TPSA) is 0 Å². The predicted molar refractivity (Wildman–Crippen MR) is 64.5 cm³/mol. The van der Waals surface area contributed by atoms with E-state index in [0.29, 0.717) is 0 Å². The fourth-order valence-electron chi connectivity index (χ4n) is 1.88. The third kappa shape index (κ3) is 2.47. The first-order valence-corrected chi connectivity index (χ1v) is 5.41. The molecule has 0 amide bonds. The molecule has 0 aliphatic carbocycles. The normalized spacial score (nSPS) is 11.9. The molecule has 0 nitrogen and oxygen atoms in total. The van der Waals surface area contributed by atoms with Crippen molar-refractivity contribution >= 4 is 5.57 Å². The summed E-state index contributed by atoms with van der Waals surface area (Å²) < 4.78 is 0. The molecule has 0 aromatic heterocycles. The standard InChI is InChI=1S/C14H20/c1-5-7-13(6-2)14-9-8-11(3)10-12(14)4/h6,8-10H,5,7H2,1-4H3/b13-6+. The van der Waals surface area contributed by atoms with E-state index in [1.807, 2.05) is 0 Å². The Morgan fingerprint density at radius 2 is 2.00 bits per heavy atom. The molecule has 0 fully saturated rings. The second-order valence-corrected chi connectivity index (χ2v) is 3.88. The summed E-state index contributed by atoms with van der Waals surface area (Å²) in [5.74, 6) is 0. The third-order valence-corrected chi connectivity index (χ3v) is 2.60. The summed E-state index contributed by atoms with van der Waals surface area (Å²) >= 11 is 0. The summed E-state index contributed by atoms with van der Waals surface area (Å²) in [4.78, 5) is 0. The van der Waals surface area contributed by atoms with E-state index in [2.05, 4.69) is 52.0 Å². The van der Waals surface area contributed by atoms with Gasteiger partial charge in [-0.15, -0.1) is 0 Å². The van der Waals surface area contributed by atoms with Crippen LogP contribution in [0.1, 0.15) is 43.4 Å². The number of aryl methyl sites for hydroxylation is 2. The molecule has 0 aliphatic heterocycles. The SMILES string of the molecule is C/C=C(\CCC)c1ccc(C)cc1C. The molecule has 0 spiro atoms. The monoisotopic (exact) mass is 188 g/mol. The van der Waals surface area contributed by atoms with Gasteiger partial charge in [-0.3, -0.25) is 0 Å². The zero-order chi connectivity index (χ0) is 10.6. The van der Waals surface area contributed by atoms with E-state index in [1.54, 1.807) is 0 Å². The maximum Gasteiger partial charge on any atom is -0.0198 e. The summed E-state index contributed by atoms with van der Waals surface area (Å²) in [5.41, 5.74) is 5.63. The van der Waals surface area contributed by atoms with Gasteiger partial charge in [0.25, 0.3) is 0 Å². The second kappa shape index (κ2) is 4.99. The van der Waals surface area contributed by atoms with Crippen LogP contribution in [-0.2, 0) is 0 Å². The molecule has 1 aromatic carbocycles. The predicted octanol–water partition coefficient (Wildman–Crippen LogP) is 4.51. The van der Waals surface area contributed by atoms with E-state index in [-0.39, 0.29) is 0 Å². The van der Waals surface area contributed by atoms with Gasteiger partial charge in [0.2, 0.25) is 0 Å². The third-order valence-electron chi connectivity index (χ3n) is 2.60. The lowest BCUT2D eigenvalue weighted by molar-refractivity contribution is 0.970. The summed E-state index contributed by atoms with van der Waals surface area (Å²) in [5, 5.41) is 0. The Balaban J connectivity index is 3.05. The minimum Gasteiger partial charge on any atom is -0.0838 e. The molecule has 0 aliphatic rings. The van der Waals surface area contributed by atoms with Crippen molar-refractivity contribution in [2.24, 2.45) is 0 Å². The number of rotatable bonds is 3. The van der Waals surface area contributed by atoms with Crippen molar-refractivity contribution < 1.29 is 0 Å². The first kappa shape index (κ1) is 11.0. The van der Waals surface area contributed by atoms with Crippen molar-refractivity contribution in [1.29, 1.82) is 0 Å². The largest absolute Gasteiger partial charge is 0.0838 e. The Bertz CT molecular complexity index is 332. The Morgan fingerprint density at radius 1 is 1.29 bits per heavy atom. The molecule has 0 saturated heterocycles. The minimum absolute atomic E-state index is 1.18. The lowest BCUT2D eigenvalue weighted by Gasteiger charge is -2.10. The van der Waals surface area contributed by atoms with Crippen LogP contribution in [-0.4, -0.2) is 0 Å². The average Bonchev–Trinajstić information content (AvgIpc) is 2.15. The summed E-state index contributed by atoms with van der Waals surface area (Å²) in [7, 11) is 0. The van der Waals surface area contributed by atoms with Gasteiger partial charge in [0.15, 0.2) is 0 Å². The van der Waals surface area contributed by atoms with Gasteiger partial charge >= 0.3 is 0 Å². The lowest BCUT2D eigenvalue weighted by Crippen LogP contribution is -1.89. The van der Waals surface area contributed by atoms with Crippen molar-refractivity contribution in [2.75, 3.05) is 0 Å². The first-order chi connectivity index (χ1) is 6.69. The van der Waals surface area contributed by atoms with E-state index in [4.69, 9.17) is 0 Å². The van der Waals surface area contributed by atoms with E-state index < -0.39 is 0 Å². The highest BCUT2D eigenvalue weighted by Gasteiger charge is 2.02. The zero-order valence-electron chi connectivity index (χ0n) is 9.72. The van der Waals surface area contributed by atoms with E-state index in [1.165, 1.54) is 35.1 Å². The molecule has 0 bridgehead atoms. The van der Waals surface area contributed by atoms with Crippen molar-refractivity contribution in [2.45, 2.75) is 40.5 Å². The molecule has 0 heterocycles. The highest BCUT2D eigenvalue weighted by atomic mass is 14.1. The second-order valence-electron chi connectivity index (χ2n) is 3.88. The zero-order valence-corrected chi connectivity index (χ0v) is 9.72. The van der Waals surface area contributed by atoms with Crippen LogP contribution in [0.15, 0.2) is 24.3 Å². The Labute approximate surface area is 87.7 Å². The maximum absolute atomic E-state index is 2.26. The highest BCUT2D eigenvalue weighted by molar-refractivity contribution is 5.68. The molecular weight excluding hydrogens is 168 g/mol. The van der Waals surface area contributed by atoms with E-state index >= 15 is 0 Å². The van der Waals surface area contributed by atoms with Gasteiger partial charge in [-0.25, -0.2) is 0 Å². The van der Waals surface area contributed by atoms with Gasteiger partial charge in [-0.1, -0.05) is 43.2 Å².